The molecule has 3 saturated heterocycles. The van der Waals surface area contributed by atoms with E-state index in [4.69, 9.17) is 52.2 Å². The number of nitrogen functional groups attached to an aromatic ring is 1. The fraction of sp³-hybridized carbons (Fsp3) is 0.280. The number of imidazole rings is 1. The van der Waals surface area contributed by atoms with Gasteiger partial charge in [0.25, 0.3) is 0 Å². The fourth-order valence-electron chi connectivity index (χ4n) is 8.27. The first-order valence-electron chi connectivity index (χ1n) is 24.0. The molecule has 424 valence electrons. The van der Waals surface area contributed by atoms with E-state index >= 15 is 17.9 Å². The van der Waals surface area contributed by atoms with Crippen LogP contribution in [0.15, 0.2) is 136 Å². The van der Waals surface area contributed by atoms with Crippen LogP contribution in [0.3, 0.4) is 0 Å². The molecule has 3 fully saturated rings. The zero-order valence-corrected chi connectivity index (χ0v) is 45.5. The van der Waals surface area contributed by atoms with Crippen molar-refractivity contribution in [1.29, 1.82) is 0 Å². The first-order valence-corrected chi connectivity index (χ1v) is 30.3. The number of carbonyl (C=O) groups is 3. The van der Waals surface area contributed by atoms with Crippen LogP contribution in [0.2, 0.25) is 0 Å². The number of ether oxygens (including phenoxy) is 7. The monoisotopic (exact) mass is 1200 g/mol. The third kappa shape index (κ3) is 13.1. The lowest BCUT2D eigenvalue weighted by Gasteiger charge is -2.30. The molecular weight excluding hydrogens is 1150 g/mol. The van der Waals surface area contributed by atoms with Gasteiger partial charge in [0.15, 0.2) is 36.3 Å². The second-order valence-electron chi connectivity index (χ2n) is 17.6. The number of benzene rings is 4. The van der Waals surface area contributed by atoms with Crippen LogP contribution in [0.25, 0.3) is 11.2 Å². The molecule has 3 aliphatic rings. The van der Waals surface area contributed by atoms with Crippen LogP contribution < -0.4 is 36.1 Å². The molecule has 0 saturated carbocycles. The number of nitrogens with zero attached hydrogens (tertiary/aromatic N) is 5. The van der Waals surface area contributed by atoms with Crippen molar-refractivity contribution in [2.24, 2.45) is 0 Å². The number of aromatic nitrogens is 5. The minimum absolute atomic E-state index is 0.0279. The van der Waals surface area contributed by atoms with Crippen molar-refractivity contribution in [3.05, 3.63) is 165 Å². The SMILES string of the molecule is COC(=O)Oc1ccc(C(=O)Oc2ccc(CSP3(=O)OC[C@H]4O[C@@H](n5ccc(=O)oc5=O)[C@@H](F)[C@H]4OP(=O)(SCc4ccc(OC(=O)c5ccc(OC)cc5)cc4)OC[C@H]4O[C@@H](n5cnc6c(N)ncnc65)[C@@H](F)C4O3)cc2)cc1. The molecule has 4 aromatic carbocycles. The van der Waals surface area contributed by atoms with E-state index in [1.54, 1.807) is 24.3 Å². The zero-order chi connectivity index (χ0) is 57.0. The van der Waals surface area contributed by atoms with Gasteiger partial charge in [0.1, 0.15) is 59.3 Å². The summed E-state index contributed by atoms with van der Waals surface area (Å²) >= 11 is 1.16. The van der Waals surface area contributed by atoms with E-state index in [-0.39, 0.29) is 56.9 Å². The maximum absolute atomic E-state index is 17.3. The number of carbonyl (C=O) groups excluding carboxylic acids is 3. The molecule has 7 aromatic rings. The van der Waals surface area contributed by atoms with Gasteiger partial charge in [-0.2, -0.15) is 0 Å². The first kappa shape index (κ1) is 57.0. The van der Waals surface area contributed by atoms with E-state index < -0.39 is 105 Å². The highest BCUT2D eigenvalue weighted by Crippen LogP contribution is 2.67. The maximum Gasteiger partial charge on any atom is 0.513 e. The Balaban J connectivity index is 0.918. The van der Waals surface area contributed by atoms with Gasteiger partial charge in [-0.25, -0.2) is 56.8 Å². The number of fused-ring (bicyclic) bond motifs is 3. The Bertz CT molecular complexity index is 3660. The van der Waals surface area contributed by atoms with Crippen LogP contribution in [-0.4, -0.2) is 106 Å². The lowest BCUT2D eigenvalue weighted by molar-refractivity contribution is -0.0570. The van der Waals surface area contributed by atoms with Crippen molar-refractivity contribution in [2.45, 2.75) is 60.7 Å². The number of nitrogens with two attached hydrogens (primary N) is 1. The average Bonchev–Trinajstić information content (AvgIpc) is 4.36. The van der Waals surface area contributed by atoms with E-state index in [9.17, 15) is 24.0 Å². The molecule has 0 spiro atoms. The summed E-state index contributed by atoms with van der Waals surface area (Å²) in [6.45, 7) is -11.1. The molecule has 10 rings (SSSR count). The van der Waals surface area contributed by atoms with E-state index in [1.807, 2.05) is 0 Å². The summed E-state index contributed by atoms with van der Waals surface area (Å²) in [5, 5.41) is 0. The highest BCUT2D eigenvalue weighted by molar-refractivity contribution is 8.55. The summed E-state index contributed by atoms with van der Waals surface area (Å²) in [5.41, 5.74) is 6.47. The van der Waals surface area contributed by atoms with E-state index in [0.717, 1.165) is 25.7 Å². The highest BCUT2D eigenvalue weighted by Gasteiger charge is 2.55. The summed E-state index contributed by atoms with van der Waals surface area (Å²) in [4.78, 5) is 74.4. The van der Waals surface area contributed by atoms with E-state index in [1.165, 1.54) is 90.8 Å². The van der Waals surface area contributed by atoms with Gasteiger partial charge in [0.05, 0.1) is 44.9 Å². The molecule has 81 heavy (non-hydrogen) atoms. The summed E-state index contributed by atoms with van der Waals surface area (Å²) in [7, 11) is 2.63. The highest BCUT2D eigenvalue weighted by atomic mass is 32.7. The zero-order valence-electron chi connectivity index (χ0n) is 42.0. The molecule has 3 aliphatic heterocycles. The van der Waals surface area contributed by atoms with E-state index in [0.29, 0.717) is 44.2 Å². The summed E-state index contributed by atoms with van der Waals surface area (Å²) in [6, 6.07) is 24.6. The second-order valence-corrected chi connectivity index (χ2v) is 25.6. The van der Waals surface area contributed by atoms with Crippen LogP contribution in [0.4, 0.5) is 19.4 Å². The van der Waals surface area contributed by atoms with Crippen molar-refractivity contribution in [1.82, 2.24) is 24.1 Å². The minimum Gasteiger partial charge on any atom is -0.497 e. The Morgan fingerprint density at radius 1 is 0.654 bits per heavy atom. The van der Waals surface area contributed by atoms with Crippen LogP contribution in [0.5, 0.6) is 23.0 Å². The van der Waals surface area contributed by atoms with Gasteiger partial charge in [-0.1, -0.05) is 24.3 Å². The molecule has 31 heteroatoms. The van der Waals surface area contributed by atoms with Gasteiger partial charge >= 0.3 is 43.1 Å². The molecule has 0 aliphatic carbocycles. The van der Waals surface area contributed by atoms with Crippen LogP contribution in [-0.2, 0) is 52.9 Å². The third-order valence-corrected chi connectivity index (χ3v) is 19.7. The van der Waals surface area contributed by atoms with Gasteiger partial charge in [0, 0.05) is 23.8 Å². The molecule has 6 heterocycles. The molecule has 10 atom stereocenters. The number of hydrogen-bond donors (Lipinski definition) is 1. The molecule has 0 bridgehead atoms. The Kier molecular flexibility index (Phi) is 17.2. The van der Waals surface area contributed by atoms with Crippen molar-refractivity contribution < 1.29 is 88.0 Å². The predicted molar refractivity (Wildman–Crippen MR) is 281 cm³/mol. The first-order chi connectivity index (χ1) is 39.0. The van der Waals surface area contributed by atoms with Gasteiger partial charge < -0.3 is 43.3 Å². The van der Waals surface area contributed by atoms with Gasteiger partial charge in [-0.3, -0.25) is 27.2 Å². The molecule has 0 amide bonds. The van der Waals surface area contributed by atoms with Gasteiger partial charge in [-0.15, -0.1) is 0 Å². The lowest BCUT2D eigenvalue weighted by atomic mass is 10.1. The van der Waals surface area contributed by atoms with Gasteiger partial charge in [-0.05, 0) is 107 Å². The Hall–Kier alpha value is -7.30. The number of halogens is 2. The third-order valence-electron chi connectivity index (χ3n) is 12.4. The van der Waals surface area contributed by atoms with Crippen molar-refractivity contribution in [2.75, 3.05) is 33.2 Å². The van der Waals surface area contributed by atoms with Crippen LogP contribution in [0.1, 0.15) is 44.3 Å². The van der Waals surface area contributed by atoms with E-state index in [2.05, 4.69) is 24.1 Å². The number of rotatable bonds is 14. The largest absolute Gasteiger partial charge is 0.513 e. The quantitative estimate of drug-likeness (QED) is 0.0464. The summed E-state index contributed by atoms with van der Waals surface area (Å²) < 4.78 is 133. The van der Waals surface area contributed by atoms with Crippen molar-refractivity contribution >= 4 is 71.4 Å². The van der Waals surface area contributed by atoms with Crippen molar-refractivity contribution in [3.8, 4) is 23.0 Å². The number of esters is 2. The molecule has 0 radical (unpaired) electrons. The molecule has 3 unspecified atom stereocenters. The predicted octanol–water partition coefficient (Wildman–Crippen LogP) is 8.19. The Labute approximate surface area is 463 Å². The standard InChI is InChI=1S/C50H44F2N6O19P2S2/c1-66-31-15-7-29(8-16-31)47(60)70-32-11-3-27(4-12-32)23-80-78(64)69-22-36-42(39(52)46(74-36)58-26-56-40-43(53)54-25-55-44(40)58)77-79(65,68-21-35-41(76-78)38(51)45(73-35)57-20-19-37(59)75-49(57)62)81-24-28-5-13-33(14-6-28)71-48(61)30-9-17-34(18-10-30)72-50(63)67-2/h3-20,25-26,35-36,38-39,41-42,45-46H,21-24H2,1-2H3,(H2,53,54,55)/t35-,36-,38+,39+,41+,42?,45-,46-,78?,79?/m1/s1. The molecule has 2 N–H and O–H groups in total. The maximum atomic E-state index is 17.3. The Morgan fingerprint density at radius 3 is 1.63 bits per heavy atom. The molecule has 25 nitrogen and oxygen atoms in total. The number of anilines is 1. The number of alkyl halides is 2. The molecular formula is C50H44F2N6O19P2S2. The lowest BCUT2D eigenvalue weighted by Crippen LogP contribution is -2.37. The normalized spacial score (nSPS) is 25.6. The topological polar surface area (TPSA) is 309 Å². The van der Waals surface area contributed by atoms with Crippen molar-refractivity contribution in [3.63, 3.8) is 0 Å². The van der Waals surface area contributed by atoms with Crippen LogP contribution >= 0.6 is 36.4 Å². The number of methoxy groups -OCH3 is 2. The number of hydrogen-bond acceptors (Lipinski definition) is 25. The fourth-order valence-corrected chi connectivity index (χ4v) is 15.0. The smallest absolute Gasteiger partial charge is 0.497 e. The minimum atomic E-state index is -4.73. The Morgan fingerprint density at radius 2 is 1.14 bits per heavy atom. The molecule has 3 aromatic heterocycles. The summed E-state index contributed by atoms with van der Waals surface area (Å²) in [6.07, 6.45) is -12.9. The van der Waals surface area contributed by atoms with Gasteiger partial charge in [0.2, 0.25) is 0 Å². The second kappa shape index (κ2) is 24.4. The average molecular weight is 1200 g/mol. The summed E-state index contributed by atoms with van der Waals surface area (Å²) in [5.74, 6) is -2.12. The van der Waals surface area contributed by atoms with Crippen LogP contribution in [0, 0.1) is 0 Å².